The van der Waals surface area contributed by atoms with E-state index in [1.807, 2.05) is 25.1 Å². The highest BCUT2D eigenvalue weighted by Gasteiger charge is 2.09. The van der Waals surface area contributed by atoms with Crippen molar-refractivity contribution in [3.05, 3.63) is 45.3 Å². The molecular formula is C12H9BrClN3O. The van der Waals surface area contributed by atoms with Gasteiger partial charge in [-0.2, -0.15) is 0 Å². The maximum absolute atomic E-state index is 11.0. The standard InChI is InChI=1S/C12H9BrClN3O/c1-7-2-8(13)4-9(3-7)17-12-10(5-18)11(14)15-6-16-12/h2-6H,1H3,(H,15,16,17). The minimum atomic E-state index is 0.134. The first kappa shape index (κ1) is 13.0. The second-order valence-electron chi connectivity index (χ2n) is 3.69. The van der Waals surface area contributed by atoms with Crippen molar-refractivity contribution in [2.75, 3.05) is 5.32 Å². The molecule has 0 saturated carbocycles. The molecule has 0 bridgehead atoms. The predicted octanol–water partition coefficient (Wildman–Crippen LogP) is 3.76. The zero-order chi connectivity index (χ0) is 13.1. The van der Waals surface area contributed by atoms with Crippen molar-refractivity contribution in [2.24, 2.45) is 0 Å². The van der Waals surface area contributed by atoms with Crippen LogP contribution in [0.4, 0.5) is 11.5 Å². The number of nitrogens with zero attached hydrogens (tertiary/aromatic N) is 2. The van der Waals surface area contributed by atoms with E-state index in [1.54, 1.807) is 0 Å². The number of halogens is 2. The number of aldehydes is 1. The molecule has 1 aromatic carbocycles. The Bertz CT molecular complexity index is 584. The van der Waals surface area contributed by atoms with E-state index in [0.29, 0.717) is 12.1 Å². The molecule has 1 aromatic heterocycles. The third kappa shape index (κ3) is 2.86. The van der Waals surface area contributed by atoms with Crippen LogP contribution in [0.5, 0.6) is 0 Å². The molecule has 6 heteroatoms. The average molecular weight is 327 g/mol. The number of benzene rings is 1. The largest absolute Gasteiger partial charge is 0.339 e. The molecule has 18 heavy (non-hydrogen) atoms. The Hall–Kier alpha value is -1.46. The summed E-state index contributed by atoms with van der Waals surface area (Å²) in [4.78, 5) is 18.7. The van der Waals surface area contributed by atoms with Crippen LogP contribution in [0.1, 0.15) is 15.9 Å². The molecule has 0 amide bonds. The zero-order valence-corrected chi connectivity index (χ0v) is 11.8. The van der Waals surface area contributed by atoms with Gasteiger partial charge in [0, 0.05) is 10.2 Å². The highest BCUT2D eigenvalue weighted by Crippen LogP contribution is 2.24. The molecule has 1 N–H and O–H groups in total. The summed E-state index contributed by atoms with van der Waals surface area (Å²) in [6.45, 7) is 1.98. The number of carbonyl (C=O) groups is 1. The van der Waals surface area contributed by atoms with Crippen molar-refractivity contribution >= 4 is 45.3 Å². The summed E-state index contributed by atoms with van der Waals surface area (Å²) in [5.41, 5.74) is 2.15. The van der Waals surface area contributed by atoms with Crippen LogP contribution in [-0.4, -0.2) is 16.3 Å². The van der Waals surface area contributed by atoms with E-state index in [0.717, 1.165) is 15.7 Å². The Morgan fingerprint density at radius 3 is 2.78 bits per heavy atom. The summed E-state index contributed by atoms with van der Waals surface area (Å²) in [6, 6.07) is 5.81. The van der Waals surface area contributed by atoms with Crippen LogP contribution in [0.2, 0.25) is 5.15 Å². The van der Waals surface area contributed by atoms with Gasteiger partial charge in [0.05, 0.1) is 5.56 Å². The van der Waals surface area contributed by atoms with Crippen molar-refractivity contribution in [1.82, 2.24) is 9.97 Å². The second-order valence-corrected chi connectivity index (χ2v) is 4.96. The number of aryl methyl sites for hydroxylation is 1. The van der Waals surface area contributed by atoms with E-state index >= 15 is 0 Å². The molecule has 0 aliphatic heterocycles. The van der Waals surface area contributed by atoms with Crippen molar-refractivity contribution < 1.29 is 4.79 Å². The molecule has 2 rings (SSSR count). The smallest absolute Gasteiger partial charge is 0.156 e. The summed E-state index contributed by atoms with van der Waals surface area (Å²) >= 11 is 9.23. The van der Waals surface area contributed by atoms with Gasteiger partial charge < -0.3 is 5.32 Å². The molecule has 0 atom stereocenters. The van der Waals surface area contributed by atoms with Gasteiger partial charge in [-0.3, -0.25) is 4.79 Å². The van der Waals surface area contributed by atoms with E-state index in [2.05, 4.69) is 31.2 Å². The summed E-state index contributed by atoms with van der Waals surface area (Å²) in [6.07, 6.45) is 1.94. The summed E-state index contributed by atoms with van der Waals surface area (Å²) in [5.74, 6) is 0.391. The average Bonchev–Trinajstić information content (AvgIpc) is 2.27. The Morgan fingerprint density at radius 2 is 2.11 bits per heavy atom. The molecule has 2 aromatic rings. The molecule has 0 fully saturated rings. The van der Waals surface area contributed by atoms with E-state index in [-0.39, 0.29) is 10.7 Å². The third-order valence-electron chi connectivity index (χ3n) is 2.26. The lowest BCUT2D eigenvalue weighted by atomic mass is 10.2. The van der Waals surface area contributed by atoms with Gasteiger partial charge in [0.25, 0.3) is 0 Å². The van der Waals surface area contributed by atoms with Gasteiger partial charge in [0.15, 0.2) is 6.29 Å². The highest BCUT2D eigenvalue weighted by atomic mass is 79.9. The number of hydrogen-bond donors (Lipinski definition) is 1. The van der Waals surface area contributed by atoms with E-state index in [1.165, 1.54) is 6.33 Å². The van der Waals surface area contributed by atoms with Gasteiger partial charge in [0.2, 0.25) is 0 Å². The van der Waals surface area contributed by atoms with Crippen LogP contribution in [0, 0.1) is 6.92 Å². The van der Waals surface area contributed by atoms with Crippen LogP contribution in [-0.2, 0) is 0 Å². The van der Waals surface area contributed by atoms with Crippen LogP contribution < -0.4 is 5.32 Å². The van der Waals surface area contributed by atoms with Gasteiger partial charge >= 0.3 is 0 Å². The first-order valence-corrected chi connectivity index (χ1v) is 6.27. The van der Waals surface area contributed by atoms with Gasteiger partial charge in [-0.05, 0) is 30.7 Å². The lowest BCUT2D eigenvalue weighted by Gasteiger charge is -2.09. The Morgan fingerprint density at radius 1 is 1.33 bits per heavy atom. The monoisotopic (exact) mass is 325 g/mol. The third-order valence-corrected chi connectivity index (χ3v) is 3.02. The summed E-state index contributed by atoms with van der Waals surface area (Å²) < 4.78 is 0.942. The fraction of sp³-hybridized carbons (Fsp3) is 0.0833. The van der Waals surface area contributed by atoms with Gasteiger partial charge in [-0.25, -0.2) is 9.97 Å². The number of anilines is 2. The fourth-order valence-corrected chi connectivity index (χ4v) is 2.31. The van der Waals surface area contributed by atoms with Crippen molar-refractivity contribution in [3.63, 3.8) is 0 Å². The topological polar surface area (TPSA) is 54.9 Å². The summed E-state index contributed by atoms with van der Waals surface area (Å²) in [5, 5.41) is 3.18. The van der Waals surface area contributed by atoms with Crippen molar-refractivity contribution in [1.29, 1.82) is 0 Å². The maximum Gasteiger partial charge on any atom is 0.156 e. The van der Waals surface area contributed by atoms with E-state index in [4.69, 9.17) is 11.6 Å². The van der Waals surface area contributed by atoms with E-state index in [9.17, 15) is 4.79 Å². The number of nitrogens with one attached hydrogen (secondary N) is 1. The molecule has 0 spiro atoms. The lowest BCUT2D eigenvalue weighted by Crippen LogP contribution is -2.00. The zero-order valence-electron chi connectivity index (χ0n) is 9.45. The first-order valence-electron chi connectivity index (χ1n) is 5.10. The minimum absolute atomic E-state index is 0.134. The number of rotatable bonds is 3. The normalized spacial score (nSPS) is 10.2. The van der Waals surface area contributed by atoms with E-state index < -0.39 is 0 Å². The van der Waals surface area contributed by atoms with Gasteiger partial charge in [0.1, 0.15) is 17.3 Å². The van der Waals surface area contributed by atoms with Gasteiger partial charge in [-0.1, -0.05) is 27.5 Å². The SMILES string of the molecule is Cc1cc(Br)cc(Nc2ncnc(Cl)c2C=O)c1. The maximum atomic E-state index is 11.0. The number of carbonyl (C=O) groups excluding carboxylic acids is 1. The van der Waals surface area contributed by atoms with Crippen molar-refractivity contribution in [3.8, 4) is 0 Å². The number of hydrogen-bond acceptors (Lipinski definition) is 4. The van der Waals surface area contributed by atoms with Crippen molar-refractivity contribution in [2.45, 2.75) is 6.92 Å². The van der Waals surface area contributed by atoms with Gasteiger partial charge in [-0.15, -0.1) is 0 Å². The molecule has 0 aliphatic rings. The highest BCUT2D eigenvalue weighted by molar-refractivity contribution is 9.10. The Kier molecular flexibility index (Phi) is 3.93. The Balaban J connectivity index is 2.39. The first-order chi connectivity index (χ1) is 8.60. The minimum Gasteiger partial charge on any atom is -0.339 e. The molecule has 0 saturated heterocycles. The molecular weight excluding hydrogens is 318 g/mol. The molecule has 92 valence electrons. The van der Waals surface area contributed by atoms with Crippen LogP contribution in [0.15, 0.2) is 29.0 Å². The van der Waals surface area contributed by atoms with Crippen LogP contribution in [0.25, 0.3) is 0 Å². The van der Waals surface area contributed by atoms with Crippen LogP contribution in [0.3, 0.4) is 0 Å². The van der Waals surface area contributed by atoms with Crippen LogP contribution >= 0.6 is 27.5 Å². The molecule has 0 radical (unpaired) electrons. The quantitative estimate of drug-likeness (QED) is 0.689. The molecule has 1 heterocycles. The Labute approximate surface area is 118 Å². The fourth-order valence-electron chi connectivity index (χ4n) is 1.52. The number of aromatic nitrogens is 2. The predicted molar refractivity (Wildman–Crippen MR) is 74.6 cm³/mol. The molecule has 0 aliphatic carbocycles. The molecule has 0 unspecified atom stereocenters. The summed E-state index contributed by atoms with van der Waals surface area (Å²) in [7, 11) is 0. The lowest BCUT2D eigenvalue weighted by molar-refractivity contribution is 0.112. The second kappa shape index (κ2) is 5.46. The molecule has 4 nitrogen and oxygen atoms in total.